The van der Waals surface area contributed by atoms with Crippen LogP contribution in [0.5, 0.6) is 0 Å². The molecule has 0 atom stereocenters. The average molecular weight is 484 g/mol. The first kappa shape index (κ1) is 23.2. The van der Waals surface area contributed by atoms with E-state index in [9.17, 15) is 4.79 Å². The molecule has 2 aliphatic rings. The summed E-state index contributed by atoms with van der Waals surface area (Å²) in [6, 6.07) is 17.2. The summed E-state index contributed by atoms with van der Waals surface area (Å²) in [5, 5.41) is 7.54. The number of oxazole rings is 1. The number of amides is 1. The lowest BCUT2D eigenvalue weighted by Crippen LogP contribution is -2.66. The maximum absolute atomic E-state index is 13.6. The van der Waals surface area contributed by atoms with Crippen molar-refractivity contribution >= 4 is 22.7 Å². The van der Waals surface area contributed by atoms with Gasteiger partial charge in [0.05, 0.1) is 12.5 Å². The summed E-state index contributed by atoms with van der Waals surface area (Å²) in [5.41, 5.74) is 5.38. The van der Waals surface area contributed by atoms with E-state index < -0.39 is 0 Å². The van der Waals surface area contributed by atoms with Crippen molar-refractivity contribution in [2.45, 2.75) is 83.2 Å². The lowest BCUT2D eigenvalue weighted by molar-refractivity contribution is -0.134. The Morgan fingerprint density at radius 2 is 1.53 bits per heavy atom. The highest BCUT2D eigenvalue weighted by Crippen LogP contribution is 2.43. The lowest BCUT2D eigenvalue weighted by Gasteiger charge is -2.49. The molecule has 0 spiro atoms. The summed E-state index contributed by atoms with van der Waals surface area (Å²) in [6.45, 7) is 1.83. The van der Waals surface area contributed by atoms with Crippen LogP contribution < -0.4 is 4.48 Å². The molecule has 0 aliphatic heterocycles. The maximum Gasteiger partial charge on any atom is 0.316 e. The van der Waals surface area contributed by atoms with Crippen LogP contribution in [0.4, 0.5) is 5.69 Å². The fraction of sp³-hybridized carbons (Fsp3) is 0.433. The Balaban J connectivity index is 1.39. The molecule has 1 amide bonds. The van der Waals surface area contributed by atoms with Gasteiger partial charge in [-0.2, -0.15) is 5.10 Å². The summed E-state index contributed by atoms with van der Waals surface area (Å²) in [6.07, 6.45) is 13.9. The van der Waals surface area contributed by atoms with Gasteiger partial charge in [-0.15, -0.1) is 0 Å². The van der Waals surface area contributed by atoms with Gasteiger partial charge in [-0.05, 0) is 49.9 Å². The summed E-state index contributed by atoms with van der Waals surface area (Å²) in [7, 11) is 0. The molecular weight excluding hydrogens is 448 g/mol. The van der Waals surface area contributed by atoms with E-state index in [4.69, 9.17) is 4.42 Å². The molecule has 4 aromatic rings. The van der Waals surface area contributed by atoms with Gasteiger partial charge in [-0.25, -0.2) is 14.3 Å². The van der Waals surface area contributed by atoms with Crippen LogP contribution in [0, 0.1) is 0 Å². The van der Waals surface area contributed by atoms with Gasteiger partial charge >= 0.3 is 5.91 Å². The number of benzene rings is 2. The Labute approximate surface area is 212 Å². The topological polar surface area (TPSA) is 71.8 Å². The zero-order valence-corrected chi connectivity index (χ0v) is 21.1. The molecule has 6 heteroatoms. The molecule has 36 heavy (non-hydrogen) atoms. The van der Waals surface area contributed by atoms with Crippen LogP contribution >= 0.6 is 0 Å². The number of fused-ring (bicyclic) bond motifs is 1. The quantitative estimate of drug-likeness (QED) is 0.300. The minimum atomic E-state index is 0.300. The minimum Gasteiger partial charge on any atom is -0.436 e. The number of hydrogen-bond donors (Lipinski definition) is 1. The van der Waals surface area contributed by atoms with E-state index in [1.807, 2.05) is 37.4 Å². The van der Waals surface area contributed by atoms with Crippen LogP contribution in [-0.4, -0.2) is 33.2 Å². The van der Waals surface area contributed by atoms with Gasteiger partial charge in [0.25, 0.3) is 0 Å². The number of carbonyl (C=O) groups excluding carboxylic acids is 1. The number of hydrogen-bond acceptors (Lipinski definition) is 4. The molecule has 2 aliphatic carbocycles. The Morgan fingerprint density at radius 1 is 0.889 bits per heavy atom. The molecule has 0 unspecified atom stereocenters. The molecule has 2 aromatic heterocycles. The molecule has 2 aromatic carbocycles. The van der Waals surface area contributed by atoms with Crippen LogP contribution in [0.3, 0.4) is 0 Å². The van der Waals surface area contributed by atoms with Gasteiger partial charge in [0.15, 0.2) is 5.58 Å². The van der Waals surface area contributed by atoms with Crippen molar-refractivity contribution in [1.82, 2.24) is 19.7 Å². The molecule has 1 N–H and O–H groups in total. The van der Waals surface area contributed by atoms with Crippen molar-refractivity contribution in [2.75, 3.05) is 0 Å². The van der Waals surface area contributed by atoms with E-state index in [0.29, 0.717) is 28.4 Å². The molecule has 0 saturated heterocycles. The first-order chi connectivity index (χ1) is 17.7. The SMILES string of the molecule is CC(=O)[N+](c1ccc(-c2n[nH]cc2-c2nc3ccccc3o2)cc1)(C1CCCCC1)C1CCCCC1. The second kappa shape index (κ2) is 9.66. The lowest BCUT2D eigenvalue weighted by atomic mass is 9.84. The number of para-hydroxylation sites is 2. The molecule has 6 nitrogen and oxygen atoms in total. The van der Waals surface area contributed by atoms with Crippen molar-refractivity contribution in [2.24, 2.45) is 0 Å². The highest BCUT2D eigenvalue weighted by Gasteiger charge is 2.50. The molecule has 2 fully saturated rings. The fourth-order valence-electron chi connectivity index (χ4n) is 6.92. The van der Waals surface area contributed by atoms with E-state index in [-0.39, 0.29) is 0 Å². The molecular formula is C30H35N4O2+. The third-order valence-electron chi connectivity index (χ3n) is 8.56. The van der Waals surface area contributed by atoms with E-state index in [1.54, 1.807) is 0 Å². The van der Waals surface area contributed by atoms with Crippen LogP contribution in [0.15, 0.2) is 59.1 Å². The number of nitrogens with one attached hydrogen (secondary N) is 1. The Hall–Kier alpha value is -3.25. The fourth-order valence-corrected chi connectivity index (χ4v) is 6.92. The number of quaternary nitrogens is 1. The number of aromatic nitrogens is 3. The van der Waals surface area contributed by atoms with Crippen LogP contribution in [-0.2, 0) is 4.79 Å². The second-order valence-electron chi connectivity index (χ2n) is 10.6. The number of nitrogens with zero attached hydrogens (tertiary/aromatic N) is 3. The molecule has 2 saturated carbocycles. The molecule has 0 bridgehead atoms. The van der Waals surface area contributed by atoms with Crippen molar-refractivity contribution in [1.29, 1.82) is 0 Å². The van der Waals surface area contributed by atoms with Gasteiger partial charge in [-0.3, -0.25) is 5.10 Å². The third-order valence-corrected chi connectivity index (χ3v) is 8.56. The van der Waals surface area contributed by atoms with Gasteiger partial charge in [-0.1, -0.05) is 25.0 Å². The van der Waals surface area contributed by atoms with E-state index in [0.717, 1.165) is 59.3 Å². The minimum absolute atomic E-state index is 0.300. The van der Waals surface area contributed by atoms with Gasteiger partial charge < -0.3 is 4.42 Å². The van der Waals surface area contributed by atoms with E-state index >= 15 is 0 Å². The second-order valence-corrected chi connectivity index (χ2v) is 10.6. The van der Waals surface area contributed by atoms with Crippen LogP contribution in [0.25, 0.3) is 33.8 Å². The number of carbonyl (C=O) groups is 1. The highest BCUT2D eigenvalue weighted by molar-refractivity contribution is 5.89. The van der Waals surface area contributed by atoms with Gasteiger partial charge in [0, 0.05) is 49.6 Å². The standard InChI is InChI=1S/C30H35N4O2/c1-21(35)34(23-10-4-2-5-11-23,24-12-6-3-7-13-24)25-18-16-22(17-19-25)29-26(20-31-33-29)30-32-27-14-8-9-15-28(27)36-30/h8-9,14-20,23-24H,2-7,10-13H2,1H3,(H,31,33)/q+1. The van der Waals surface area contributed by atoms with Crippen molar-refractivity contribution in [3.8, 4) is 22.7 Å². The van der Waals surface area contributed by atoms with Crippen molar-refractivity contribution in [3.05, 3.63) is 54.7 Å². The van der Waals surface area contributed by atoms with Crippen molar-refractivity contribution in [3.63, 3.8) is 0 Å². The van der Waals surface area contributed by atoms with E-state index in [1.165, 1.54) is 38.5 Å². The van der Waals surface area contributed by atoms with Gasteiger partial charge in [0.1, 0.15) is 29.0 Å². The highest BCUT2D eigenvalue weighted by atomic mass is 16.3. The zero-order valence-electron chi connectivity index (χ0n) is 21.1. The molecule has 2 heterocycles. The average Bonchev–Trinajstić information content (AvgIpc) is 3.58. The van der Waals surface area contributed by atoms with Gasteiger partial charge in [0.2, 0.25) is 5.89 Å². The zero-order chi connectivity index (χ0) is 24.5. The predicted octanol–water partition coefficient (Wildman–Crippen LogP) is 7.40. The summed E-state index contributed by atoms with van der Waals surface area (Å²) >= 11 is 0. The number of aromatic amines is 1. The van der Waals surface area contributed by atoms with E-state index in [2.05, 4.69) is 39.4 Å². The first-order valence-corrected chi connectivity index (χ1v) is 13.6. The van der Waals surface area contributed by atoms with Crippen LogP contribution in [0.1, 0.15) is 71.1 Å². The predicted molar refractivity (Wildman–Crippen MR) is 143 cm³/mol. The van der Waals surface area contributed by atoms with Crippen LogP contribution in [0.2, 0.25) is 0 Å². The maximum atomic E-state index is 13.6. The largest absolute Gasteiger partial charge is 0.436 e. The monoisotopic (exact) mass is 483 g/mol. The molecule has 186 valence electrons. The Bertz CT molecular complexity index is 1290. The summed E-state index contributed by atoms with van der Waals surface area (Å²) in [4.78, 5) is 18.3. The van der Waals surface area contributed by atoms with Crippen molar-refractivity contribution < 1.29 is 9.21 Å². The Kier molecular flexibility index (Phi) is 6.22. The number of rotatable bonds is 5. The first-order valence-electron chi connectivity index (χ1n) is 13.6. The smallest absolute Gasteiger partial charge is 0.316 e. The molecule has 6 rings (SSSR count). The third kappa shape index (κ3) is 3.88. The normalized spacial score (nSPS) is 18.0. The molecule has 0 radical (unpaired) electrons. The Morgan fingerprint density at radius 3 is 2.14 bits per heavy atom. The summed E-state index contributed by atoms with van der Waals surface area (Å²) in [5.74, 6) is 0.857. The summed E-state index contributed by atoms with van der Waals surface area (Å²) < 4.78 is 6.55. The number of H-pyrrole nitrogens is 1.